The van der Waals surface area contributed by atoms with Gasteiger partial charge in [-0.05, 0) is 35.4 Å². The maximum Gasteiger partial charge on any atom is 0.249 e. The number of hydrogen-bond donors (Lipinski definition) is 0. The van der Waals surface area contributed by atoms with Crippen LogP contribution in [0, 0.1) is 11.3 Å². The molecule has 0 saturated heterocycles. The van der Waals surface area contributed by atoms with Gasteiger partial charge in [0.15, 0.2) is 11.5 Å². The van der Waals surface area contributed by atoms with Crippen LogP contribution in [0.5, 0.6) is 11.6 Å². The Kier molecular flexibility index (Phi) is 4.08. The van der Waals surface area contributed by atoms with E-state index in [9.17, 15) is 4.79 Å². The molecule has 0 atom stereocenters. The summed E-state index contributed by atoms with van der Waals surface area (Å²) in [5, 5.41) is 16.5. The fourth-order valence-corrected chi connectivity index (χ4v) is 2.25. The molecule has 0 spiro atoms. The number of nitriles is 1. The van der Waals surface area contributed by atoms with E-state index in [1.165, 1.54) is 11.6 Å². The third-order valence-corrected chi connectivity index (χ3v) is 3.53. The Labute approximate surface area is 138 Å². The summed E-state index contributed by atoms with van der Waals surface area (Å²) in [6.07, 6.45) is 0. The highest BCUT2D eigenvalue weighted by atomic mass is 16.5. The molecule has 24 heavy (non-hydrogen) atoms. The molecule has 0 aliphatic heterocycles. The fraction of sp³-hybridized carbons (Fsp3) is 0.111. The predicted molar refractivity (Wildman–Crippen MR) is 87.7 cm³/mol. The molecule has 0 fully saturated rings. The monoisotopic (exact) mass is 318 g/mol. The molecule has 6 nitrogen and oxygen atoms in total. The summed E-state index contributed by atoms with van der Waals surface area (Å²) in [6.45, 7) is 1.42. The Hall–Kier alpha value is -3.46. The van der Waals surface area contributed by atoms with Crippen LogP contribution in [-0.2, 0) is 7.05 Å². The van der Waals surface area contributed by atoms with Crippen molar-refractivity contribution in [3.05, 3.63) is 59.8 Å². The van der Waals surface area contributed by atoms with Gasteiger partial charge in [0.2, 0.25) is 5.88 Å². The third kappa shape index (κ3) is 3.01. The molecule has 1 heterocycles. The Bertz CT molecular complexity index is 919. The fourth-order valence-electron chi connectivity index (χ4n) is 2.25. The highest BCUT2D eigenvalue weighted by Gasteiger charge is 2.17. The lowest BCUT2D eigenvalue weighted by atomic mass is 10.0. The number of aryl methyl sites for hydroxylation is 1. The van der Waals surface area contributed by atoms with Gasteiger partial charge in [-0.1, -0.05) is 29.5 Å². The van der Waals surface area contributed by atoms with Crippen LogP contribution in [0.4, 0.5) is 0 Å². The van der Waals surface area contributed by atoms with Gasteiger partial charge < -0.3 is 4.74 Å². The smallest absolute Gasteiger partial charge is 0.249 e. The van der Waals surface area contributed by atoms with E-state index in [0.717, 1.165) is 11.1 Å². The number of carbonyl (C=O) groups is 1. The molecule has 3 aromatic rings. The van der Waals surface area contributed by atoms with Crippen LogP contribution < -0.4 is 4.74 Å². The quantitative estimate of drug-likeness (QED) is 0.689. The van der Waals surface area contributed by atoms with Gasteiger partial charge in [0, 0.05) is 14.0 Å². The standard InChI is InChI=1S/C18H14N4O2/c1-12(23)17-18(22(2)21-20-17)24-16-9-7-15(8-10-16)14-5-3-13(11-19)4-6-14/h3-10H,1-2H3. The maximum absolute atomic E-state index is 11.5. The van der Waals surface area contributed by atoms with Crippen LogP contribution in [-0.4, -0.2) is 20.8 Å². The molecule has 0 amide bonds. The van der Waals surface area contributed by atoms with E-state index >= 15 is 0 Å². The van der Waals surface area contributed by atoms with Crippen LogP contribution in [0.3, 0.4) is 0 Å². The first kappa shape index (κ1) is 15.4. The molecular formula is C18H14N4O2. The summed E-state index contributed by atoms with van der Waals surface area (Å²) in [6, 6.07) is 16.9. The molecule has 1 aromatic heterocycles. The van der Waals surface area contributed by atoms with Gasteiger partial charge in [0.05, 0.1) is 11.6 Å². The van der Waals surface area contributed by atoms with E-state index in [-0.39, 0.29) is 11.5 Å². The minimum Gasteiger partial charge on any atom is -0.437 e. The van der Waals surface area contributed by atoms with Crippen molar-refractivity contribution in [1.29, 1.82) is 5.26 Å². The average Bonchev–Trinajstić information content (AvgIpc) is 2.97. The molecule has 118 valence electrons. The number of aromatic nitrogens is 3. The largest absolute Gasteiger partial charge is 0.437 e. The van der Waals surface area contributed by atoms with Gasteiger partial charge in [-0.2, -0.15) is 5.26 Å². The number of ether oxygens (including phenoxy) is 1. The summed E-state index contributed by atoms with van der Waals surface area (Å²) in [7, 11) is 1.67. The van der Waals surface area contributed by atoms with Gasteiger partial charge in [-0.3, -0.25) is 4.79 Å². The molecule has 3 rings (SSSR count). The first-order chi connectivity index (χ1) is 11.6. The summed E-state index contributed by atoms with van der Waals surface area (Å²) in [5.41, 5.74) is 2.83. The van der Waals surface area contributed by atoms with E-state index in [2.05, 4.69) is 16.4 Å². The summed E-state index contributed by atoms with van der Waals surface area (Å²) in [5.74, 6) is 0.696. The Morgan fingerprint density at radius 2 is 1.67 bits per heavy atom. The number of nitrogens with zero attached hydrogens (tertiary/aromatic N) is 4. The van der Waals surface area contributed by atoms with E-state index in [0.29, 0.717) is 17.2 Å². The predicted octanol–water partition coefficient (Wildman–Crippen LogP) is 3.35. The highest BCUT2D eigenvalue weighted by Crippen LogP contribution is 2.27. The zero-order valence-corrected chi connectivity index (χ0v) is 13.2. The topological polar surface area (TPSA) is 80.8 Å². The van der Waals surface area contributed by atoms with Crippen molar-refractivity contribution in [3.8, 4) is 28.8 Å². The lowest BCUT2D eigenvalue weighted by Gasteiger charge is -2.07. The Morgan fingerprint density at radius 1 is 1.08 bits per heavy atom. The zero-order chi connectivity index (χ0) is 17.1. The number of Topliss-reactive ketones (excluding diaryl/α,β-unsaturated/α-hetero) is 1. The molecule has 0 unspecified atom stereocenters. The number of benzene rings is 2. The van der Waals surface area contributed by atoms with Gasteiger partial charge in [0.25, 0.3) is 0 Å². The van der Waals surface area contributed by atoms with E-state index < -0.39 is 0 Å². The van der Waals surface area contributed by atoms with E-state index in [4.69, 9.17) is 10.00 Å². The van der Waals surface area contributed by atoms with Gasteiger partial charge in [-0.25, -0.2) is 4.68 Å². The van der Waals surface area contributed by atoms with Crippen LogP contribution in [0.2, 0.25) is 0 Å². The molecule has 0 aliphatic carbocycles. The lowest BCUT2D eigenvalue weighted by molar-refractivity contribution is 0.101. The minimum atomic E-state index is -0.202. The minimum absolute atomic E-state index is 0.202. The normalized spacial score (nSPS) is 10.2. The molecule has 0 saturated carbocycles. The van der Waals surface area contributed by atoms with Crippen molar-refractivity contribution in [2.24, 2.45) is 7.05 Å². The van der Waals surface area contributed by atoms with Crippen molar-refractivity contribution in [3.63, 3.8) is 0 Å². The molecule has 2 aromatic carbocycles. The summed E-state index contributed by atoms with van der Waals surface area (Å²) in [4.78, 5) is 11.5. The molecule has 0 aliphatic rings. The van der Waals surface area contributed by atoms with Crippen LogP contribution >= 0.6 is 0 Å². The average molecular weight is 318 g/mol. The molecule has 0 radical (unpaired) electrons. The summed E-state index contributed by atoms with van der Waals surface area (Å²) < 4.78 is 7.16. The van der Waals surface area contributed by atoms with Crippen LogP contribution in [0.25, 0.3) is 11.1 Å². The van der Waals surface area contributed by atoms with Crippen molar-refractivity contribution in [2.45, 2.75) is 6.92 Å². The number of carbonyl (C=O) groups excluding carboxylic acids is 1. The lowest BCUT2D eigenvalue weighted by Crippen LogP contribution is -1.99. The van der Waals surface area contributed by atoms with E-state index in [1.54, 1.807) is 19.2 Å². The van der Waals surface area contributed by atoms with Crippen molar-refractivity contribution in [1.82, 2.24) is 15.0 Å². The molecule has 6 heteroatoms. The maximum atomic E-state index is 11.5. The van der Waals surface area contributed by atoms with Gasteiger partial charge >= 0.3 is 0 Å². The molecule has 0 bridgehead atoms. The van der Waals surface area contributed by atoms with Crippen LogP contribution in [0.15, 0.2) is 48.5 Å². The van der Waals surface area contributed by atoms with Crippen LogP contribution in [0.1, 0.15) is 23.0 Å². The van der Waals surface area contributed by atoms with Crippen molar-refractivity contribution < 1.29 is 9.53 Å². The first-order valence-corrected chi connectivity index (χ1v) is 7.27. The third-order valence-electron chi connectivity index (χ3n) is 3.53. The second kappa shape index (κ2) is 6.34. The summed E-state index contributed by atoms with van der Waals surface area (Å²) >= 11 is 0. The highest BCUT2D eigenvalue weighted by molar-refractivity contribution is 5.94. The Morgan fingerprint density at radius 3 is 2.21 bits per heavy atom. The number of rotatable bonds is 4. The molecular weight excluding hydrogens is 304 g/mol. The zero-order valence-electron chi connectivity index (χ0n) is 13.2. The van der Waals surface area contributed by atoms with Crippen molar-refractivity contribution >= 4 is 5.78 Å². The Balaban J connectivity index is 1.84. The van der Waals surface area contributed by atoms with Crippen molar-refractivity contribution in [2.75, 3.05) is 0 Å². The SMILES string of the molecule is CC(=O)c1nnn(C)c1Oc1ccc(-c2ccc(C#N)cc2)cc1. The number of hydrogen-bond acceptors (Lipinski definition) is 5. The van der Waals surface area contributed by atoms with E-state index in [1.807, 2.05) is 36.4 Å². The molecule has 0 N–H and O–H groups in total. The van der Waals surface area contributed by atoms with Gasteiger partial charge in [-0.15, -0.1) is 5.10 Å². The number of ketones is 1. The van der Waals surface area contributed by atoms with Gasteiger partial charge in [0.1, 0.15) is 5.75 Å². The second-order valence-electron chi connectivity index (χ2n) is 5.24. The first-order valence-electron chi connectivity index (χ1n) is 7.27. The second-order valence-corrected chi connectivity index (χ2v) is 5.24.